The predicted octanol–water partition coefficient (Wildman–Crippen LogP) is 3.84. The minimum absolute atomic E-state index is 0.535. The summed E-state index contributed by atoms with van der Waals surface area (Å²) in [5.41, 5.74) is 2.45. The molecule has 1 aromatic rings. The molecule has 1 aromatic carbocycles. The molecule has 0 spiro atoms. The Morgan fingerprint density at radius 1 is 1.20 bits per heavy atom. The largest absolute Gasteiger partial charge is 0.363 e. The van der Waals surface area contributed by atoms with Gasteiger partial charge in [0.05, 0.1) is 10.7 Å². The fourth-order valence-electron chi connectivity index (χ4n) is 1.81. The van der Waals surface area contributed by atoms with Crippen LogP contribution in [-0.4, -0.2) is 13.1 Å². The number of hydrogen-bond acceptors (Lipinski definition) is 1. The molecule has 0 atom stereocenters. The van der Waals surface area contributed by atoms with Crippen LogP contribution in [0.25, 0.3) is 0 Å². The first-order chi connectivity index (χ1) is 7.18. The number of anilines is 1. The van der Waals surface area contributed by atoms with E-state index in [-0.39, 0.29) is 0 Å². The first kappa shape index (κ1) is 10.6. The van der Waals surface area contributed by atoms with Crippen molar-refractivity contribution in [2.45, 2.75) is 19.8 Å². The van der Waals surface area contributed by atoms with E-state index < -0.39 is 0 Å². The second-order valence-electron chi connectivity index (χ2n) is 4.24. The van der Waals surface area contributed by atoms with E-state index in [0.717, 1.165) is 23.8 Å². The monoisotopic (exact) mass is 221 g/mol. The smallest absolute Gasteiger partial charge is 0.0642 e. The third-order valence-electron chi connectivity index (χ3n) is 2.80. The average Bonchev–Trinajstić information content (AvgIpc) is 2.70. The molecule has 0 unspecified atom stereocenters. The van der Waals surface area contributed by atoms with Crippen LogP contribution in [0, 0.1) is 0 Å². The molecule has 0 saturated heterocycles. The Morgan fingerprint density at radius 2 is 1.87 bits per heavy atom. The number of hydrogen-bond donors (Lipinski definition) is 0. The summed E-state index contributed by atoms with van der Waals surface area (Å²) in [4.78, 5) is 2.27. The molecular formula is C13H16ClN. The van der Waals surface area contributed by atoms with Crippen molar-refractivity contribution in [2.75, 3.05) is 18.0 Å². The van der Waals surface area contributed by atoms with E-state index in [1.54, 1.807) is 0 Å². The summed E-state index contributed by atoms with van der Waals surface area (Å²) in [6.07, 6.45) is 4.35. The molecule has 0 saturated carbocycles. The molecular weight excluding hydrogens is 206 g/mol. The van der Waals surface area contributed by atoms with Crippen molar-refractivity contribution in [3.05, 3.63) is 40.9 Å². The van der Waals surface area contributed by atoms with Crippen LogP contribution in [0.3, 0.4) is 0 Å². The van der Waals surface area contributed by atoms with Gasteiger partial charge in [0.25, 0.3) is 0 Å². The van der Waals surface area contributed by atoms with Crippen molar-refractivity contribution in [3.63, 3.8) is 0 Å². The van der Waals surface area contributed by atoms with Gasteiger partial charge >= 0.3 is 0 Å². The summed E-state index contributed by atoms with van der Waals surface area (Å²) < 4.78 is 0. The Hall–Kier alpha value is -0.950. The molecule has 0 bridgehead atoms. The summed E-state index contributed by atoms with van der Waals surface area (Å²) in [5.74, 6) is 0.535. The maximum atomic E-state index is 6.28. The molecule has 15 heavy (non-hydrogen) atoms. The van der Waals surface area contributed by atoms with Gasteiger partial charge in [0, 0.05) is 13.1 Å². The van der Waals surface area contributed by atoms with E-state index in [9.17, 15) is 0 Å². The van der Waals surface area contributed by atoms with Crippen molar-refractivity contribution in [1.82, 2.24) is 0 Å². The fourth-order valence-corrected chi connectivity index (χ4v) is 2.12. The van der Waals surface area contributed by atoms with Gasteiger partial charge in [0.2, 0.25) is 0 Å². The zero-order chi connectivity index (χ0) is 10.8. The second kappa shape index (κ2) is 4.28. The molecule has 0 aliphatic carbocycles. The van der Waals surface area contributed by atoms with Crippen LogP contribution in [0.1, 0.15) is 25.3 Å². The van der Waals surface area contributed by atoms with Gasteiger partial charge in [0.1, 0.15) is 0 Å². The number of benzene rings is 1. The summed E-state index contributed by atoms with van der Waals surface area (Å²) in [6.45, 7) is 6.31. The van der Waals surface area contributed by atoms with Gasteiger partial charge in [0.15, 0.2) is 0 Å². The average molecular weight is 222 g/mol. The van der Waals surface area contributed by atoms with Gasteiger partial charge in [-0.05, 0) is 23.6 Å². The van der Waals surface area contributed by atoms with Crippen LogP contribution in [0.15, 0.2) is 30.4 Å². The molecule has 2 rings (SSSR count). The van der Waals surface area contributed by atoms with Crippen LogP contribution in [0.4, 0.5) is 5.69 Å². The maximum Gasteiger partial charge on any atom is 0.0642 e. The SMILES string of the molecule is CC(C)c1ccc(N2CC=CC2)c(Cl)c1. The first-order valence-electron chi connectivity index (χ1n) is 5.38. The standard InChI is InChI=1S/C13H16ClN/c1-10(2)11-5-6-13(12(14)9-11)15-7-3-4-8-15/h3-6,9-10H,7-8H2,1-2H3. The van der Waals surface area contributed by atoms with Crippen molar-refractivity contribution in [1.29, 1.82) is 0 Å². The fraction of sp³-hybridized carbons (Fsp3) is 0.385. The van der Waals surface area contributed by atoms with Gasteiger partial charge in [-0.25, -0.2) is 0 Å². The lowest BCUT2D eigenvalue weighted by atomic mass is 10.0. The van der Waals surface area contributed by atoms with Crippen LogP contribution >= 0.6 is 11.6 Å². The van der Waals surface area contributed by atoms with Crippen LogP contribution in [-0.2, 0) is 0 Å². The first-order valence-corrected chi connectivity index (χ1v) is 5.75. The lowest BCUT2D eigenvalue weighted by Gasteiger charge is -2.20. The lowest BCUT2D eigenvalue weighted by Crippen LogP contribution is -2.18. The second-order valence-corrected chi connectivity index (χ2v) is 4.65. The Bertz CT molecular complexity index is 374. The van der Waals surface area contributed by atoms with Gasteiger partial charge in [-0.2, -0.15) is 0 Å². The molecule has 0 N–H and O–H groups in total. The molecule has 0 aromatic heterocycles. The maximum absolute atomic E-state index is 6.28. The molecule has 1 aliphatic heterocycles. The van der Waals surface area contributed by atoms with E-state index in [0.29, 0.717) is 5.92 Å². The van der Waals surface area contributed by atoms with Gasteiger partial charge in [-0.15, -0.1) is 0 Å². The van der Waals surface area contributed by atoms with Crippen LogP contribution < -0.4 is 4.90 Å². The molecule has 2 heteroatoms. The zero-order valence-electron chi connectivity index (χ0n) is 9.20. The highest BCUT2D eigenvalue weighted by atomic mass is 35.5. The highest BCUT2D eigenvalue weighted by molar-refractivity contribution is 6.33. The molecule has 0 fully saturated rings. The highest BCUT2D eigenvalue weighted by Crippen LogP contribution is 2.30. The van der Waals surface area contributed by atoms with Crippen LogP contribution in [0.5, 0.6) is 0 Å². The van der Waals surface area contributed by atoms with Crippen molar-refractivity contribution >= 4 is 17.3 Å². The van der Waals surface area contributed by atoms with E-state index in [1.807, 2.05) is 0 Å². The summed E-state index contributed by atoms with van der Waals surface area (Å²) in [5, 5.41) is 0.866. The Kier molecular flexibility index (Phi) is 3.01. The van der Waals surface area contributed by atoms with E-state index in [1.165, 1.54) is 5.56 Å². The summed E-state index contributed by atoms with van der Waals surface area (Å²) in [7, 11) is 0. The van der Waals surface area contributed by atoms with Gasteiger partial charge < -0.3 is 4.90 Å². The third kappa shape index (κ3) is 2.18. The normalized spacial score (nSPS) is 15.3. The lowest BCUT2D eigenvalue weighted by molar-refractivity contribution is 0.865. The topological polar surface area (TPSA) is 3.24 Å². The summed E-state index contributed by atoms with van der Waals surface area (Å²) >= 11 is 6.28. The number of rotatable bonds is 2. The zero-order valence-corrected chi connectivity index (χ0v) is 9.96. The van der Waals surface area contributed by atoms with E-state index in [2.05, 4.69) is 49.1 Å². The predicted molar refractivity (Wildman–Crippen MR) is 66.9 cm³/mol. The molecule has 0 radical (unpaired) electrons. The highest BCUT2D eigenvalue weighted by Gasteiger charge is 2.12. The Morgan fingerprint density at radius 3 is 2.40 bits per heavy atom. The minimum Gasteiger partial charge on any atom is -0.363 e. The van der Waals surface area contributed by atoms with Crippen molar-refractivity contribution < 1.29 is 0 Å². The Balaban J connectivity index is 2.26. The van der Waals surface area contributed by atoms with Gasteiger partial charge in [-0.1, -0.05) is 43.7 Å². The minimum atomic E-state index is 0.535. The molecule has 1 aliphatic rings. The molecule has 1 heterocycles. The molecule has 80 valence electrons. The van der Waals surface area contributed by atoms with Crippen molar-refractivity contribution in [2.24, 2.45) is 0 Å². The van der Waals surface area contributed by atoms with E-state index in [4.69, 9.17) is 11.6 Å². The third-order valence-corrected chi connectivity index (χ3v) is 3.10. The molecule has 1 nitrogen and oxygen atoms in total. The number of halogens is 1. The quantitative estimate of drug-likeness (QED) is 0.686. The number of nitrogens with zero attached hydrogens (tertiary/aromatic N) is 1. The van der Waals surface area contributed by atoms with Gasteiger partial charge in [-0.3, -0.25) is 0 Å². The van der Waals surface area contributed by atoms with Crippen LogP contribution in [0.2, 0.25) is 5.02 Å². The van der Waals surface area contributed by atoms with E-state index >= 15 is 0 Å². The Labute approximate surface area is 96.4 Å². The summed E-state index contributed by atoms with van der Waals surface area (Å²) in [6, 6.07) is 6.38. The van der Waals surface area contributed by atoms with Crippen molar-refractivity contribution in [3.8, 4) is 0 Å². The molecule has 0 amide bonds.